The van der Waals surface area contributed by atoms with E-state index in [1.165, 1.54) is 0 Å². The molecule has 124 valence electrons. The lowest BCUT2D eigenvalue weighted by Crippen LogP contribution is -2.42. The molecule has 0 unspecified atom stereocenters. The Morgan fingerprint density at radius 3 is 2.24 bits per heavy atom. The van der Waals surface area contributed by atoms with E-state index >= 15 is 0 Å². The number of rotatable bonds is 5. The van der Waals surface area contributed by atoms with Gasteiger partial charge in [0.1, 0.15) is 5.60 Å². The van der Waals surface area contributed by atoms with Crippen LogP contribution in [0.4, 0.5) is 4.79 Å². The lowest BCUT2D eigenvalue weighted by atomic mass is 9.86. The zero-order valence-electron chi connectivity index (χ0n) is 13.4. The Bertz CT molecular complexity index is 434. The zero-order valence-corrected chi connectivity index (χ0v) is 14.3. The third-order valence-corrected chi connectivity index (χ3v) is 4.91. The Labute approximate surface area is 128 Å². The summed E-state index contributed by atoms with van der Waals surface area (Å²) in [7, 11) is -3.11. The molecule has 2 N–H and O–H groups in total. The largest absolute Gasteiger partial charge is 0.444 e. The van der Waals surface area contributed by atoms with Gasteiger partial charge in [-0.15, -0.1) is 0 Å². The average molecular weight is 320 g/mol. The summed E-state index contributed by atoms with van der Waals surface area (Å²) in [4.78, 5) is 11.7. The van der Waals surface area contributed by atoms with E-state index in [1.807, 2.05) is 20.8 Å². The molecule has 1 fully saturated rings. The lowest BCUT2D eigenvalue weighted by Gasteiger charge is -2.30. The number of hydrogen-bond acceptors (Lipinski definition) is 4. The van der Waals surface area contributed by atoms with Gasteiger partial charge in [0.2, 0.25) is 10.0 Å². The fourth-order valence-corrected chi connectivity index (χ4v) is 3.03. The van der Waals surface area contributed by atoms with Gasteiger partial charge in [-0.25, -0.2) is 17.9 Å². The Morgan fingerprint density at radius 2 is 1.76 bits per heavy atom. The first-order valence-electron chi connectivity index (χ1n) is 7.58. The smallest absolute Gasteiger partial charge is 0.407 e. The first kappa shape index (κ1) is 18.2. The van der Waals surface area contributed by atoms with E-state index in [4.69, 9.17) is 4.74 Å². The van der Waals surface area contributed by atoms with E-state index < -0.39 is 15.6 Å². The number of nitrogens with one attached hydrogen (secondary N) is 2. The standard InChI is InChI=1S/C14H28N2O4S/c1-5-21(18,19)15-10-11-6-8-12(9-7-11)16-13(17)20-14(2,3)4/h11-12,15H,5-10H2,1-4H3,(H,16,17). The maximum absolute atomic E-state index is 11.7. The monoisotopic (exact) mass is 320 g/mol. The van der Waals surface area contributed by atoms with Crippen LogP contribution in [0.15, 0.2) is 0 Å². The summed E-state index contributed by atoms with van der Waals surface area (Å²) in [5, 5.41) is 2.88. The third-order valence-electron chi connectivity index (χ3n) is 3.54. The van der Waals surface area contributed by atoms with Gasteiger partial charge in [-0.05, 0) is 59.3 Å². The van der Waals surface area contributed by atoms with Gasteiger partial charge in [-0.1, -0.05) is 0 Å². The van der Waals surface area contributed by atoms with Crippen molar-refractivity contribution in [1.29, 1.82) is 0 Å². The van der Waals surface area contributed by atoms with Gasteiger partial charge in [0.25, 0.3) is 0 Å². The van der Waals surface area contributed by atoms with E-state index in [2.05, 4.69) is 10.0 Å². The normalized spacial score (nSPS) is 23.6. The minimum atomic E-state index is -3.11. The quantitative estimate of drug-likeness (QED) is 0.811. The van der Waals surface area contributed by atoms with Gasteiger partial charge >= 0.3 is 6.09 Å². The molecule has 1 rings (SSSR count). The molecule has 1 aliphatic rings. The van der Waals surface area contributed by atoms with Crippen molar-refractivity contribution < 1.29 is 17.9 Å². The molecule has 0 radical (unpaired) electrons. The minimum Gasteiger partial charge on any atom is -0.444 e. The number of sulfonamides is 1. The van der Waals surface area contributed by atoms with E-state index in [1.54, 1.807) is 6.92 Å². The molecule has 0 aromatic rings. The second-order valence-corrected chi connectivity index (χ2v) is 8.71. The predicted molar refractivity (Wildman–Crippen MR) is 82.6 cm³/mol. The molecule has 0 spiro atoms. The summed E-state index contributed by atoms with van der Waals surface area (Å²) < 4.78 is 30.7. The Balaban J connectivity index is 2.28. The fraction of sp³-hybridized carbons (Fsp3) is 0.929. The van der Waals surface area contributed by atoms with Gasteiger partial charge < -0.3 is 10.1 Å². The topological polar surface area (TPSA) is 84.5 Å². The molecule has 6 nitrogen and oxygen atoms in total. The number of alkyl carbamates (subject to hydrolysis) is 1. The number of carbonyl (C=O) groups excluding carboxylic acids is 1. The van der Waals surface area contributed by atoms with Crippen molar-refractivity contribution in [3.63, 3.8) is 0 Å². The molecule has 1 saturated carbocycles. The van der Waals surface area contributed by atoms with Crippen LogP contribution >= 0.6 is 0 Å². The zero-order chi connectivity index (χ0) is 16.1. The maximum Gasteiger partial charge on any atom is 0.407 e. The number of amides is 1. The van der Waals surface area contributed by atoms with E-state index in [9.17, 15) is 13.2 Å². The Kier molecular flexibility index (Phi) is 6.46. The number of ether oxygens (including phenoxy) is 1. The van der Waals surface area contributed by atoms with Crippen molar-refractivity contribution in [3.05, 3.63) is 0 Å². The molecular weight excluding hydrogens is 292 g/mol. The molecule has 1 amide bonds. The van der Waals surface area contributed by atoms with Crippen LogP contribution in [0, 0.1) is 5.92 Å². The summed E-state index contributed by atoms with van der Waals surface area (Å²) in [5.74, 6) is 0.464. The third kappa shape index (κ3) is 7.66. The molecule has 0 aromatic heterocycles. The summed E-state index contributed by atoms with van der Waals surface area (Å²) in [6.07, 6.45) is 3.16. The molecular formula is C14H28N2O4S. The molecule has 0 aromatic carbocycles. The minimum absolute atomic E-state index is 0.114. The summed E-state index contributed by atoms with van der Waals surface area (Å²) >= 11 is 0. The molecule has 0 aliphatic heterocycles. The maximum atomic E-state index is 11.7. The van der Waals surface area contributed by atoms with Crippen molar-refractivity contribution in [2.24, 2.45) is 5.92 Å². The highest BCUT2D eigenvalue weighted by Gasteiger charge is 2.25. The van der Waals surface area contributed by atoms with Crippen molar-refractivity contribution in [2.45, 2.75) is 65.0 Å². The van der Waals surface area contributed by atoms with Gasteiger partial charge in [0.15, 0.2) is 0 Å². The first-order valence-corrected chi connectivity index (χ1v) is 9.23. The lowest BCUT2D eigenvalue weighted by molar-refractivity contribution is 0.0488. The Morgan fingerprint density at radius 1 is 1.19 bits per heavy atom. The fourth-order valence-electron chi connectivity index (χ4n) is 2.33. The highest BCUT2D eigenvalue weighted by molar-refractivity contribution is 7.89. The number of carbonyl (C=O) groups is 1. The van der Waals surface area contributed by atoms with Crippen molar-refractivity contribution in [2.75, 3.05) is 12.3 Å². The van der Waals surface area contributed by atoms with E-state index in [0.717, 1.165) is 25.7 Å². The van der Waals surface area contributed by atoms with Crippen LogP contribution < -0.4 is 10.0 Å². The van der Waals surface area contributed by atoms with Crippen molar-refractivity contribution in [3.8, 4) is 0 Å². The number of hydrogen-bond donors (Lipinski definition) is 2. The van der Waals surface area contributed by atoms with Crippen LogP contribution in [0.1, 0.15) is 53.4 Å². The summed E-state index contributed by atoms with van der Waals surface area (Å²) in [6, 6.07) is 0.124. The van der Waals surface area contributed by atoms with Crippen LogP contribution in [-0.4, -0.2) is 38.5 Å². The predicted octanol–water partition coefficient (Wildman–Crippen LogP) is 2.01. The average Bonchev–Trinajstić information content (AvgIpc) is 2.36. The SMILES string of the molecule is CCS(=O)(=O)NCC1CCC(NC(=O)OC(C)(C)C)CC1. The first-order chi connectivity index (χ1) is 9.61. The van der Waals surface area contributed by atoms with E-state index in [-0.39, 0.29) is 17.9 Å². The molecule has 0 atom stereocenters. The molecule has 0 saturated heterocycles. The van der Waals surface area contributed by atoms with Crippen LogP contribution in [0.3, 0.4) is 0 Å². The molecule has 0 bridgehead atoms. The molecule has 7 heteroatoms. The summed E-state index contributed by atoms with van der Waals surface area (Å²) in [5.41, 5.74) is -0.486. The van der Waals surface area contributed by atoms with Crippen LogP contribution in [0.25, 0.3) is 0 Å². The highest BCUT2D eigenvalue weighted by Crippen LogP contribution is 2.24. The second-order valence-electron chi connectivity index (χ2n) is 6.62. The molecule has 21 heavy (non-hydrogen) atoms. The van der Waals surface area contributed by atoms with Crippen molar-refractivity contribution in [1.82, 2.24) is 10.0 Å². The van der Waals surface area contributed by atoms with Crippen LogP contribution in [0.5, 0.6) is 0 Å². The Hall–Kier alpha value is -0.820. The molecule has 0 heterocycles. The van der Waals surface area contributed by atoms with Gasteiger partial charge in [0, 0.05) is 12.6 Å². The van der Waals surface area contributed by atoms with Crippen LogP contribution in [0.2, 0.25) is 0 Å². The highest BCUT2D eigenvalue weighted by atomic mass is 32.2. The van der Waals surface area contributed by atoms with Gasteiger partial charge in [-0.2, -0.15) is 0 Å². The van der Waals surface area contributed by atoms with Gasteiger partial charge in [0.05, 0.1) is 5.75 Å². The second kappa shape index (κ2) is 7.45. The summed E-state index contributed by atoms with van der Waals surface area (Å²) in [6.45, 7) is 7.63. The van der Waals surface area contributed by atoms with Crippen molar-refractivity contribution >= 4 is 16.1 Å². The van der Waals surface area contributed by atoms with E-state index in [0.29, 0.717) is 12.5 Å². The van der Waals surface area contributed by atoms with Gasteiger partial charge in [-0.3, -0.25) is 0 Å². The molecule has 1 aliphatic carbocycles. The van der Waals surface area contributed by atoms with Crippen LogP contribution in [-0.2, 0) is 14.8 Å².